The van der Waals surface area contributed by atoms with E-state index in [9.17, 15) is 13.2 Å². The lowest BCUT2D eigenvalue weighted by Gasteiger charge is -2.09. The van der Waals surface area contributed by atoms with Crippen LogP contribution in [0, 0.1) is 12.3 Å². The van der Waals surface area contributed by atoms with E-state index in [1.54, 1.807) is 6.92 Å². The van der Waals surface area contributed by atoms with E-state index in [2.05, 4.69) is 10.6 Å². The zero-order chi connectivity index (χ0) is 13.1. The SMILES string of the molecule is C#CCC(C)NS(=O)(=O)c1cc(C(=O)O)cs1. The molecule has 1 rings (SSSR count). The first-order chi connectivity index (χ1) is 7.86. The Morgan fingerprint density at radius 3 is 2.82 bits per heavy atom. The fraction of sp³-hybridized carbons (Fsp3) is 0.300. The summed E-state index contributed by atoms with van der Waals surface area (Å²) >= 11 is 0.862. The maximum atomic E-state index is 11.8. The van der Waals surface area contributed by atoms with E-state index in [1.165, 1.54) is 5.38 Å². The van der Waals surface area contributed by atoms with Crippen molar-refractivity contribution in [3.63, 3.8) is 0 Å². The molecule has 0 radical (unpaired) electrons. The second kappa shape index (κ2) is 5.31. The lowest BCUT2D eigenvalue weighted by molar-refractivity contribution is 0.0697. The molecule has 7 heteroatoms. The van der Waals surface area contributed by atoms with Gasteiger partial charge < -0.3 is 5.11 Å². The van der Waals surface area contributed by atoms with Crippen LogP contribution in [-0.4, -0.2) is 25.5 Å². The van der Waals surface area contributed by atoms with E-state index in [4.69, 9.17) is 11.5 Å². The van der Waals surface area contributed by atoms with E-state index in [1.807, 2.05) is 0 Å². The van der Waals surface area contributed by atoms with Gasteiger partial charge in [-0.05, 0) is 13.0 Å². The largest absolute Gasteiger partial charge is 0.478 e. The van der Waals surface area contributed by atoms with Gasteiger partial charge in [0.05, 0.1) is 5.56 Å². The molecule has 1 atom stereocenters. The fourth-order valence-electron chi connectivity index (χ4n) is 1.11. The molecular weight excluding hydrogens is 262 g/mol. The maximum Gasteiger partial charge on any atom is 0.336 e. The molecule has 1 heterocycles. The van der Waals surface area contributed by atoms with Gasteiger partial charge in [-0.25, -0.2) is 17.9 Å². The van der Waals surface area contributed by atoms with Gasteiger partial charge in [0.1, 0.15) is 4.21 Å². The predicted octanol–water partition coefficient (Wildman–Crippen LogP) is 1.14. The number of carboxylic acid groups (broad SMARTS) is 1. The molecule has 2 N–H and O–H groups in total. The molecule has 17 heavy (non-hydrogen) atoms. The van der Waals surface area contributed by atoms with Crippen LogP contribution in [0.25, 0.3) is 0 Å². The van der Waals surface area contributed by atoms with Crippen molar-refractivity contribution in [2.75, 3.05) is 0 Å². The summed E-state index contributed by atoms with van der Waals surface area (Å²) in [6.45, 7) is 1.64. The summed E-state index contributed by atoms with van der Waals surface area (Å²) in [4.78, 5) is 10.6. The van der Waals surface area contributed by atoms with E-state index < -0.39 is 16.0 Å². The summed E-state index contributed by atoms with van der Waals surface area (Å²) in [7, 11) is -3.68. The molecule has 1 aromatic heterocycles. The number of aromatic carboxylic acids is 1. The molecule has 92 valence electrons. The van der Waals surface area contributed by atoms with Gasteiger partial charge in [0.2, 0.25) is 10.0 Å². The fourth-order valence-corrected chi connectivity index (χ4v) is 3.52. The standard InChI is InChI=1S/C10H11NO4S2/c1-3-4-7(2)11-17(14,15)9-5-8(6-16-9)10(12)13/h1,5-7,11H,4H2,2H3,(H,12,13). The Kier molecular flexibility index (Phi) is 4.28. The smallest absolute Gasteiger partial charge is 0.336 e. The van der Waals surface area contributed by atoms with Crippen molar-refractivity contribution < 1.29 is 18.3 Å². The molecule has 1 aromatic rings. The first-order valence-corrected chi connectivity index (χ1v) is 7.00. The van der Waals surface area contributed by atoms with Crippen molar-refractivity contribution in [1.29, 1.82) is 0 Å². The van der Waals surface area contributed by atoms with Crippen LogP contribution in [0.1, 0.15) is 23.7 Å². The Labute approximate surface area is 104 Å². The number of thiophene rings is 1. The van der Waals surface area contributed by atoms with Crippen molar-refractivity contribution in [3.05, 3.63) is 17.0 Å². The van der Waals surface area contributed by atoms with E-state index in [-0.39, 0.29) is 22.2 Å². The van der Waals surface area contributed by atoms with Crippen molar-refractivity contribution in [1.82, 2.24) is 4.72 Å². The third kappa shape index (κ3) is 3.56. The highest BCUT2D eigenvalue weighted by Crippen LogP contribution is 2.20. The maximum absolute atomic E-state index is 11.8. The summed E-state index contributed by atoms with van der Waals surface area (Å²) < 4.78 is 25.9. The van der Waals surface area contributed by atoms with Crippen molar-refractivity contribution in [2.45, 2.75) is 23.6 Å². The van der Waals surface area contributed by atoms with Crippen LogP contribution < -0.4 is 4.72 Å². The highest BCUT2D eigenvalue weighted by atomic mass is 32.2. The first-order valence-electron chi connectivity index (χ1n) is 4.64. The van der Waals surface area contributed by atoms with Gasteiger partial charge in [0, 0.05) is 17.8 Å². The van der Waals surface area contributed by atoms with Gasteiger partial charge in [-0.3, -0.25) is 0 Å². The highest BCUT2D eigenvalue weighted by molar-refractivity contribution is 7.91. The van der Waals surface area contributed by atoms with Gasteiger partial charge in [0.15, 0.2) is 0 Å². The van der Waals surface area contributed by atoms with Crippen molar-refractivity contribution in [2.24, 2.45) is 0 Å². The third-order valence-electron chi connectivity index (χ3n) is 1.87. The number of carbonyl (C=O) groups is 1. The molecule has 0 bridgehead atoms. The molecule has 0 saturated carbocycles. The van der Waals surface area contributed by atoms with Crippen LogP contribution in [0.15, 0.2) is 15.7 Å². The minimum absolute atomic E-state index is 0.0289. The minimum atomic E-state index is -3.68. The van der Waals surface area contributed by atoms with Crippen LogP contribution in [0.2, 0.25) is 0 Å². The van der Waals surface area contributed by atoms with Gasteiger partial charge in [-0.1, -0.05) is 0 Å². The zero-order valence-corrected chi connectivity index (χ0v) is 10.6. The zero-order valence-electron chi connectivity index (χ0n) is 9.00. The number of carboxylic acids is 1. The number of sulfonamides is 1. The van der Waals surface area contributed by atoms with Gasteiger partial charge >= 0.3 is 5.97 Å². The summed E-state index contributed by atoms with van der Waals surface area (Å²) in [6, 6.07) is 0.734. The number of terminal acetylenes is 1. The van der Waals surface area contributed by atoms with Crippen molar-refractivity contribution in [3.8, 4) is 12.3 Å². The van der Waals surface area contributed by atoms with Crippen LogP contribution in [0.3, 0.4) is 0 Å². The normalized spacial score (nSPS) is 12.9. The van der Waals surface area contributed by atoms with Gasteiger partial charge in [-0.2, -0.15) is 0 Å². The van der Waals surface area contributed by atoms with Crippen molar-refractivity contribution >= 4 is 27.3 Å². The molecule has 0 aromatic carbocycles. The monoisotopic (exact) mass is 273 g/mol. The molecule has 0 saturated heterocycles. The van der Waals surface area contributed by atoms with E-state index in [0.29, 0.717) is 0 Å². The minimum Gasteiger partial charge on any atom is -0.478 e. The summed E-state index contributed by atoms with van der Waals surface area (Å²) in [5.74, 6) is 1.19. The Hall–Kier alpha value is -1.36. The summed E-state index contributed by atoms with van der Waals surface area (Å²) in [5.41, 5.74) is -0.0417. The average molecular weight is 273 g/mol. The molecule has 1 unspecified atom stereocenters. The average Bonchev–Trinajstić information content (AvgIpc) is 2.65. The third-order valence-corrected chi connectivity index (χ3v) is 4.90. The molecule has 0 aliphatic carbocycles. The Bertz CT molecular complexity index is 553. The van der Waals surface area contributed by atoms with E-state index >= 15 is 0 Å². The topological polar surface area (TPSA) is 83.5 Å². The Balaban J connectivity index is 2.90. The van der Waals surface area contributed by atoms with Crippen LogP contribution in [0.4, 0.5) is 0 Å². The second-order valence-electron chi connectivity index (χ2n) is 3.39. The van der Waals surface area contributed by atoms with E-state index in [0.717, 1.165) is 17.4 Å². The second-order valence-corrected chi connectivity index (χ2v) is 6.24. The van der Waals surface area contributed by atoms with Gasteiger partial charge in [-0.15, -0.1) is 23.7 Å². The Morgan fingerprint density at radius 1 is 1.71 bits per heavy atom. The van der Waals surface area contributed by atoms with Crippen LogP contribution in [0.5, 0.6) is 0 Å². The molecule has 0 spiro atoms. The molecule has 0 fully saturated rings. The quantitative estimate of drug-likeness (QED) is 0.788. The molecule has 0 amide bonds. The predicted molar refractivity (Wildman–Crippen MR) is 64.5 cm³/mol. The van der Waals surface area contributed by atoms with Crippen LogP contribution in [-0.2, 0) is 10.0 Å². The molecule has 0 aliphatic rings. The number of rotatable bonds is 5. The first kappa shape index (κ1) is 13.7. The number of nitrogens with one attached hydrogen (secondary N) is 1. The summed E-state index contributed by atoms with van der Waals surface area (Å²) in [6.07, 6.45) is 5.35. The number of hydrogen-bond donors (Lipinski definition) is 2. The molecule has 0 aliphatic heterocycles. The highest BCUT2D eigenvalue weighted by Gasteiger charge is 2.20. The Morgan fingerprint density at radius 2 is 2.35 bits per heavy atom. The lowest BCUT2D eigenvalue weighted by Crippen LogP contribution is -2.31. The molecule has 5 nitrogen and oxygen atoms in total. The lowest BCUT2D eigenvalue weighted by atomic mass is 10.3. The van der Waals surface area contributed by atoms with Crippen LogP contribution >= 0.6 is 11.3 Å². The number of hydrogen-bond acceptors (Lipinski definition) is 4. The summed E-state index contributed by atoms with van der Waals surface area (Å²) in [5, 5.41) is 9.98. The molecular formula is C10H11NO4S2. The van der Waals surface area contributed by atoms with Gasteiger partial charge in [0.25, 0.3) is 0 Å².